The van der Waals surface area contributed by atoms with Crippen LogP contribution >= 0.6 is 15.9 Å². The molecule has 0 atom stereocenters. The zero-order valence-corrected chi connectivity index (χ0v) is 11.2. The van der Waals surface area contributed by atoms with Gasteiger partial charge in [0, 0.05) is 29.7 Å². The van der Waals surface area contributed by atoms with Crippen LogP contribution in [0.3, 0.4) is 0 Å². The molecular formula is C13H16BrNO2. The van der Waals surface area contributed by atoms with E-state index in [-0.39, 0.29) is 5.60 Å². The molecule has 1 N–H and O–H groups in total. The Balaban J connectivity index is 1.64. The molecular weight excluding hydrogens is 282 g/mol. The van der Waals surface area contributed by atoms with E-state index in [9.17, 15) is 5.11 Å². The molecule has 2 fully saturated rings. The van der Waals surface area contributed by atoms with Crippen molar-refractivity contribution in [1.82, 2.24) is 4.90 Å². The number of nitrogens with zero attached hydrogens (tertiary/aromatic N) is 1. The average Bonchev–Trinajstić information content (AvgIpc) is 3.07. The first-order valence-corrected chi connectivity index (χ1v) is 6.80. The monoisotopic (exact) mass is 297 g/mol. The second-order valence-electron chi connectivity index (χ2n) is 5.02. The molecule has 3 rings (SSSR count). The predicted octanol–water partition coefficient (Wildman–Crippen LogP) is 2.52. The second kappa shape index (κ2) is 4.26. The molecule has 1 spiro atoms. The van der Waals surface area contributed by atoms with E-state index >= 15 is 0 Å². The second-order valence-corrected chi connectivity index (χ2v) is 5.94. The minimum atomic E-state index is 0.232. The first-order valence-electron chi connectivity index (χ1n) is 6.01. The van der Waals surface area contributed by atoms with Crippen molar-refractivity contribution in [3.63, 3.8) is 0 Å². The third kappa shape index (κ3) is 2.49. The molecule has 92 valence electrons. The zero-order valence-electron chi connectivity index (χ0n) is 9.66. The van der Waals surface area contributed by atoms with Gasteiger partial charge in [0.05, 0.1) is 12.2 Å². The van der Waals surface area contributed by atoms with Crippen LogP contribution in [0.2, 0.25) is 0 Å². The Morgan fingerprint density at radius 2 is 2.06 bits per heavy atom. The molecule has 1 aromatic carbocycles. The van der Waals surface area contributed by atoms with E-state index in [1.807, 2.05) is 12.1 Å². The van der Waals surface area contributed by atoms with Crippen molar-refractivity contribution < 1.29 is 9.84 Å². The number of epoxide rings is 1. The van der Waals surface area contributed by atoms with E-state index < -0.39 is 0 Å². The summed E-state index contributed by atoms with van der Waals surface area (Å²) in [6.07, 6.45) is 2.25. The van der Waals surface area contributed by atoms with Crippen LogP contribution in [0.4, 0.5) is 0 Å². The van der Waals surface area contributed by atoms with Crippen LogP contribution in [-0.2, 0) is 11.3 Å². The average molecular weight is 298 g/mol. The first-order chi connectivity index (χ1) is 8.17. The third-order valence-corrected chi connectivity index (χ3v) is 4.25. The highest BCUT2D eigenvalue weighted by Gasteiger charge is 2.46. The van der Waals surface area contributed by atoms with Gasteiger partial charge in [-0.05, 0) is 31.0 Å². The number of ether oxygens (including phenoxy) is 1. The molecule has 3 nitrogen and oxygen atoms in total. The van der Waals surface area contributed by atoms with Crippen LogP contribution in [0.25, 0.3) is 0 Å². The van der Waals surface area contributed by atoms with Crippen molar-refractivity contribution in [2.45, 2.75) is 25.0 Å². The van der Waals surface area contributed by atoms with Crippen LogP contribution in [0.5, 0.6) is 5.75 Å². The Labute approximate surface area is 110 Å². The molecule has 0 aromatic heterocycles. The molecule has 2 aliphatic rings. The van der Waals surface area contributed by atoms with Crippen LogP contribution < -0.4 is 0 Å². The van der Waals surface area contributed by atoms with Gasteiger partial charge in [0.25, 0.3) is 0 Å². The summed E-state index contributed by atoms with van der Waals surface area (Å²) in [5, 5.41) is 9.81. The summed E-state index contributed by atoms with van der Waals surface area (Å²) in [6, 6.07) is 5.60. The van der Waals surface area contributed by atoms with Crippen molar-refractivity contribution in [3.05, 3.63) is 28.2 Å². The quantitative estimate of drug-likeness (QED) is 0.852. The number of halogens is 1. The van der Waals surface area contributed by atoms with Gasteiger partial charge in [0.2, 0.25) is 0 Å². The fraction of sp³-hybridized carbons (Fsp3) is 0.538. The van der Waals surface area contributed by atoms with Gasteiger partial charge in [-0.2, -0.15) is 0 Å². The van der Waals surface area contributed by atoms with Crippen LogP contribution in [0, 0.1) is 0 Å². The van der Waals surface area contributed by atoms with Crippen LogP contribution in [0.1, 0.15) is 18.4 Å². The highest BCUT2D eigenvalue weighted by molar-refractivity contribution is 9.10. The van der Waals surface area contributed by atoms with Crippen molar-refractivity contribution in [1.29, 1.82) is 0 Å². The Hall–Kier alpha value is -0.580. The van der Waals surface area contributed by atoms with Gasteiger partial charge in [-0.3, -0.25) is 4.90 Å². The van der Waals surface area contributed by atoms with E-state index in [0.717, 1.165) is 49.1 Å². The summed E-state index contributed by atoms with van der Waals surface area (Å²) in [5.41, 5.74) is 1.22. The number of hydrogen-bond acceptors (Lipinski definition) is 3. The molecule has 0 aliphatic carbocycles. The number of phenolic OH excluding ortho intramolecular Hbond substituents is 1. The number of hydrogen-bond donors (Lipinski definition) is 1. The van der Waals surface area contributed by atoms with E-state index in [0.29, 0.717) is 5.75 Å². The lowest BCUT2D eigenvalue weighted by molar-refractivity contribution is 0.140. The molecule has 17 heavy (non-hydrogen) atoms. The molecule has 0 bridgehead atoms. The van der Waals surface area contributed by atoms with Crippen LogP contribution in [-0.4, -0.2) is 35.3 Å². The maximum absolute atomic E-state index is 9.81. The standard InChI is InChI=1S/C13H16BrNO2/c14-11-1-2-12(16)10(7-11)8-15-5-3-13(4-6-15)9-17-13/h1-2,7,16H,3-6,8-9H2. The molecule has 2 aliphatic heterocycles. The van der Waals surface area contributed by atoms with Gasteiger partial charge in [0.1, 0.15) is 5.75 Å². The van der Waals surface area contributed by atoms with Gasteiger partial charge in [-0.15, -0.1) is 0 Å². The zero-order chi connectivity index (χ0) is 11.9. The van der Waals surface area contributed by atoms with Gasteiger partial charge in [0.15, 0.2) is 0 Å². The summed E-state index contributed by atoms with van der Waals surface area (Å²) in [6.45, 7) is 3.89. The number of aromatic hydroxyl groups is 1. The Bertz CT molecular complexity index is 421. The molecule has 4 heteroatoms. The largest absolute Gasteiger partial charge is 0.508 e. The highest BCUT2D eigenvalue weighted by atomic mass is 79.9. The van der Waals surface area contributed by atoms with Crippen molar-refractivity contribution in [2.75, 3.05) is 19.7 Å². The van der Waals surface area contributed by atoms with Gasteiger partial charge in [-0.25, -0.2) is 0 Å². The van der Waals surface area contributed by atoms with E-state index in [2.05, 4.69) is 20.8 Å². The topological polar surface area (TPSA) is 36.0 Å². The molecule has 2 saturated heterocycles. The summed E-state index contributed by atoms with van der Waals surface area (Å²) in [5.74, 6) is 0.385. The van der Waals surface area contributed by atoms with Crippen molar-refractivity contribution >= 4 is 15.9 Å². The fourth-order valence-corrected chi connectivity index (χ4v) is 2.84. The molecule has 0 unspecified atom stereocenters. The minimum Gasteiger partial charge on any atom is -0.508 e. The number of benzene rings is 1. The molecule has 1 aromatic rings. The van der Waals surface area contributed by atoms with Crippen molar-refractivity contribution in [2.24, 2.45) is 0 Å². The summed E-state index contributed by atoms with van der Waals surface area (Å²) >= 11 is 3.44. The first kappa shape index (κ1) is 11.5. The van der Waals surface area contributed by atoms with E-state index in [4.69, 9.17) is 4.74 Å². The summed E-state index contributed by atoms with van der Waals surface area (Å²) in [7, 11) is 0. The number of rotatable bonds is 2. The third-order valence-electron chi connectivity index (χ3n) is 3.76. The predicted molar refractivity (Wildman–Crippen MR) is 69.0 cm³/mol. The SMILES string of the molecule is Oc1ccc(Br)cc1CN1CCC2(CC1)CO2. The number of likely N-dealkylation sites (tertiary alicyclic amines) is 1. The maximum Gasteiger partial charge on any atom is 0.120 e. The van der Waals surface area contributed by atoms with Gasteiger partial charge >= 0.3 is 0 Å². The Kier molecular flexibility index (Phi) is 2.89. The lowest BCUT2D eigenvalue weighted by Crippen LogP contribution is -2.37. The van der Waals surface area contributed by atoms with Gasteiger partial charge < -0.3 is 9.84 Å². The molecule has 2 heterocycles. The fourth-order valence-electron chi connectivity index (χ4n) is 2.43. The van der Waals surface area contributed by atoms with Gasteiger partial charge in [-0.1, -0.05) is 15.9 Å². The smallest absolute Gasteiger partial charge is 0.120 e. The molecule has 0 amide bonds. The summed E-state index contributed by atoms with van der Waals surface area (Å²) in [4.78, 5) is 2.38. The molecule has 0 saturated carbocycles. The maximum atomic E-state index is 9.81. The lowest BCUT2D eigenvalue weighted by atomic mass is 9.97. The van der Waals surface area contributed by atoms with Crippen LogP contribution in [0.15, 0.2) is 22.7 Å². The number of phenols is 1. The highest BCUT2D eigenvalue weighted by Crippen LogP contribution is 2.38. The minimum absolute atomic E-state index is 0.232. The normalized spacial score (nSPS) is 22.9. The number of piperidine rings is 1. The van der Waals surface area contributed by atoms with E-state index in [1.165, 1.54) is 0 Å². The lowest BCUT2D eigenvalue weighted by Gasteiger charge is -2.30. The molecule has 0 radical (unpaired) electrons. The Morgan fingerprint density at radius 1 is 1.35 bits per heavy atom. The summed E-state index contributed by atoms with van der Waals surface area (Å²) < 4.78 is 6.51. The van der Waals surface area contributed by atoms with E-state index in [1.54, 1.807) is 6.07 Å². The van der Waals surface area contributed by atoms with Crippen molar-refractivity contribution in [3.8, 4) is 5.75 Å². The Morgan fingerprint density at radius 3 is 2.71 bits per heavy atom.